The van der Waals surface area contributed by atoms with Gasteiger partial charge in [0, 0.05) is 18.0 Å². The molecule has 0 aliphatic carbocycles. The van der Waals surface area contributed by atoms with Gasteiger partial charge in [-0.15, -0.1) is 0 Å². The average Bonchev–Trinajstić information content (AvgIpc) is 2.72. The zero-order valence-corrected chi connectivity index (χ0v) is 18.4. The largest absolute Gasteiger partial charge is 0.271 e. The summed E-state index contributed by atoms with van der Waals surface area (Å²) in [6.07, 6.45) is 4.67. The molecule has 0 unspecified atom stereocenters. The van der Waals surface area contributed by atoms with Crippen molar-refractivity contribution in [3.63, 3.8) is 0 Å². The van der Waals surface area contributed by atoms with E-state index in [9.17, 15) is 13.2 Å². The van der Waals surface area contributed by atoms with Crippen LogP contribution in [0.1, 0.15) is 22.3 Å². The number of benzene rings is 2. The molecule has 3 rings (SSSR count). The van der Waals surface area contributed by atoms with Crippen LogP contribution in [0.25, 0.3) is 0 Å². The molecule has 0 aliphatic rings. The van der Waals surface area contributed by atoms with E-state index in [2.05, 4.69) is 15.5 Å². The maximum Gasteiger partial charge on any atom is 0.264 e. The first-order valence-electron chi connectivity index (χ1n) is 9.65. The van der Waals surface area contributed by atoms with Gasteiger partial charge in [-0.25, -0.2) is 13.8 Å². The van der Waals surface area contributed by atoms with Crippen LogP contribution in [-0.4, -0.2) is 32.1 Å². The Kier molecular flexibility index (Phi) is 6.81. The highest BCUT2D eigenvalue weighted by Gasteiger charge is 2.27. The molecular weight excluding hydrogens is 412 g/mol. The number of anilines is 1. The first-order chi connectivity index (χ1) is 14.8. The van der Waals surface area contributed by atoms with E-state index >= 15 is 0 Å². The molecule has 2 aromatic carbocycles. The lowest BCUT2D eigenvalue weighted by atomic mass is 10.1. The molecule has 1 aromatic heterocycles. The molecule has 0 atom stereocenters. The van der Waals surface area contributed by atoms with Crippen LogP contribution in [-0.2, 0) is 14.8 Å². The Morgan fingerprint density at radius 1 is 1.03 bits per heavy atom. The Labute approximate surface area is 182 Å². The lowest BCUT2D eigenvalue weighted by molar-refractivity contribution is -0.119. The van der Waals surface area contributed by atoms with Gasteiger partial charge in [0.25, 0.3) is 15.9 Å². The summed E-state index contributed by atoms with van der Waals surface area (Å²) in [5.41, 5.74) is 6.26. The Morgan fingerprint density at radius 3 is 2.32 bits per heavy atom. The van der Waals surface area contributed by atoms with Crippen molar-refractivity contribution in [3.05, 3.63) is 89.2 Å². The number of nitrogens with zero attached hydrogens (tertiary/aromatic N) is 3. The summed E-state index contributed by atoms with van der Waals surface area (Å²) in [6, 6.07) is 15.5. The molecule has 0 radical (unpaired) electrons. The molecule has 8 heteroatoms. The molecule has 0 saturated heterocycles. The summed E-state index contributed by atoms with van der Waals surface area (Å²) >= 11 is 0. The van der Waals surface area contributed by atoms with Crippen LogP contribution in [0.3, 0.4) is 0 Å². The van der Waals surface area contributed by atoms with Crippen molar-refractivity contribution in [2.45, 2.75) is 25.7 Å². The number of carbonyl (C=O) groups excluding carboxylic acids is 1. The summed E-state index contributed by atoms with van der Waals surface area (Å²) in [6.45, 7) is 5.23. The van der Waals surface area contributed by atoms with E-state index in [-0.39, 0.29) is 4.90 Å². The molecule has 0 saturated carbocycles. The summed E-state index contributed by atoms with van der Waals surface area (Å²) in [4.78, 5) is 16.7. The second kappa shape index (κ2) is 9.53. The number of nitrogens with one attached hydrogen (secondary N) is 1. The van der Waals surface area contributed by atoms with E-state index < -0.39 is 22.5 Å². The smallest absolute Gasteiger partial charge is 0.264 e. The zero-order chi connectivity index (χ0) is 22.4. The van der Waals surface area contributed by atoms with Crippen LogP contribution >= 0.6 is 0 Å². The number of aryl methyl sites for hydroxylation is 3. The third kappa shape index (κ3) is 5.76. The normalized spacial score (nSPS) is 11.5. The molecule has 0 spiro atoms. The minimum Gasteiger partial charge on any atom is -0.271 e. The van der Waals surface area contributed by atoms with Crippen molar-refractivity contribution in [2.75, 3.05) is 10.8 Å². The highest BCUT2D eigenvalue weighted by molar-refractivity contribution is 7.92. The number of carbonyl (C=O) groups is 1. The number of hydrazone groups is 1. The van der Waals surface area contributed by atoms with Crippen LogP contribution in [0, 0.1) is 20.8 Å². The second-order valence-electron chi connectivity index (χ2n) is 7.25. The van der Waals surface area contributed by atoms with Gasteiger partial charge in [-0.2, -0.15) is 5.10 Å². The van der Waals surface area contributed by atoms with Crippen molar-refractivity contribution >= 4 is 27.8 Å². The molecule has 1 N–H and O–H groups in total. The fourth-order valence-electron chi connectivity index (χ4n) is 3.04. The van der Waals surface area contributed by atoms with Gasteiger partial charge in [-0.1, -0.05) is 29.8 Å². The van der Waals surface area contributed by atoms with E-state index in [4.69, 9.17) is 0 Å². The van der Waals surface area contributed by atoms with Crippen molar-refractivity contribution in [2.24, 2.45) is 5.10 Å². The lowest BCUT2D eigenvalue weighted by Gasteiger charge is -2.24. The van der Waals surface area contributed by atoms with E-state index in [1.807, 2.05) is 26.8 Å². The van der Waals surface area contributed by atoms with E-state index in [1.165, 1.54) is 6.21 Å². The maximum atomic E-state index is 13.4. The maximum absolute atomic E-state index is 13.4. The molecule has 0 aliphatic heterocycles. The number of hydrogen-bond acceptors (Lipinski definition) is 5. The summed E-state index contributed by atoms with van der Waals surface area (Å²) in [5, 5.41) is 3.90. The van der Waals surface area contributed by atoms with E-state index in [1.54, 1.807) is 60.9 Å². The zero-order valence-electron chi connectivity index (χ0n) is 17.6. The highest BCUT2D eigenvalue weighted by Crippen LogP contribution is 2.26. The van der Waals surface area contributed by atoms with Crippen molar-refractivity contribution in [1.82, 2.24) is 10.4 Å². The fourth-order valence-corrected chi connectivity index (χ4v) is 4.45. The third-order valence-electron chi connectivity index (χ3n) is 4.48. The lowest BCUT2D eigenvalue weighted by Crippen LogP contribution is -2.39. The topological polar surface area (TPSA) is 91.7 Å². The van der Waals surface area contributed by atoms with Gasteiger partial charge in [0.15, 0.2) is 0 Å². The van der Waals surface area contributed by atoms with Gasteiger partial charge in [-0.05, 0) is 62.2 Å². The second-order valence-corrected chi connectivity index (χ2v) is 9.11. The molecular formula is C23H24N4O3S. The van der Waals surface area contributed by atoms with Crippen molar-refractivity contribution in [1.29, 1.82) is 0 Å². The minimum absolute atomic E-state index is 0.115. The Bertz CT molecular complexity index is 1170. The predicted octanol–water partition coefficient (Wildman–Crippen LogP) is 3.35. The number of hydrogen-bond donors (Lipinski definition) is 1. The SMILES string of the molecule is Cc1ccc(S(=O)(=O)N(CC(=O)N/N=C\c2cccnc2)c2cc(C)cc(C)c2)cc1. The van der Waals surface area contributed by atoms with Gasteiger partial charge in [0.05, 0.1) is 16.8 Å². The first-order valence-corrected chi connectivity index (χ1v) is 11.1. The number of sulfonamides is 1. The van der Waals surface area contributed by atoms with Gasteiger partial charge in [0.1, 0.15) is 6.54 Å². The molecule has 0 fully saturated rings. The van der Waals surface area contributed by atoms with E-state index in [0.717, 1.165) is 21.0 Å². The van der Waals surface area contributed by atoms with Crippen molar-refractivity contribution in [3.8, 4) is 0 Å². The standard InChI is InChI=1S/C23H24N4O3S/c1-17-6-8-22(9-7-17)31(29,30)27(21-12-18(2)11-19(3)13-21)16-23(28)26-25-15-20-5-4-10-24-14-20/h4-15H,16H2,1-3H3,(H,26,28)/b25-15-. The van der Waals surface area contributed by atoms with Crippen LogP contribution in [0.5, 0.6) is 0 Å². The summed E-state index contributed by atoms with van der Waals surface area (Å²) < 4.78 is 27.9. The molecule has 3 aromatic rings. The summed E-state index contributed by atoms with van der Waals surface area (Å²) in [7, 11) is -3.97. The Morgan fingerprint density at radius 2 is 1.71 bits per heavy atom. The number of pyridine rings is 1. The van der Waals surface area contributed by atoms with Gasteiger partial charge >= 0.3 is 0 Å². The quantitative estimate of drug-likeness (QED) is 0.454. The fraction of sp³-hybridized carbons (Fsp3) is 0.174. The van der Waals surface area contributed by atoms with Gasteiger partial charge in [0.2, 0.25) is 0 Å². The molecule has 0 bridgehead atoms. The third-order valence-corrected chi connectivity index (χ3v) is 6.27. The minimum atomic E-state index is -3.97. The monoisotopic (exact) mass is 436 g/mol. The first kappa shape index (κ1) is 22.2. The van der Waals surface area contributed by atoms with Crippen LogP contribution < -0.4 is 9.73 Å². The predicted molar refractivity (Wildman–Crippen MR) is 122 cm³/mol. The molecule has 160 valence electrons. The molecule has 7 nitrogen and oxygen atoms in total. The van der Waals surface area contributed by atoms with E-state index in [0.29, 0.717) is 11.3 Å². The van der Waals surface area contributed by atoms with Gasteiger partial charge < -0.3 is 0 Å². The Hall–Kier alpha value is -3.52. The van der Waals surface area contributed by atoms with Crippen LogP contribution in [0.4, 0.5) is 5.69 Å². The number of rotatable bonds is 7. The highest BCUT2D eigenvalue weighted by atomic mass is 32.2. The van der Waals surface area contributed by atoms with Gasteiger partial charge in [-0.3, -0.25) is 14.1 Å². The van der Waals surface area contributed by atoms with Crippen molar-refractivity contribution < 1.29 is 13.2 Å². The molecule has 1 amide bonds. The molecule has 31 heavy (non-hydrogen) atoms. The van der Waals surface area contributed by atoms with Crippen LogP contribution in [0.2, 0.25) is 0 Å². The number of aromatic nitrogens is 1. The average molecular weight is 437 g/mol. The summed E-state index contributed by atoms with van der Waals surface area (Å²) in [5.74, 6) is -0.560. The number of amides is 1. The molecule has 1 heterocycles. The Balaban J connectivity index is 1.89. The van der Waals surface area contributed by atoms with Crippen LogP contribution in [0.15, 0.2) is 77.0 Å².